The third-order valence-electron chi connectivity index (χ3n) is 16.1. The van der Waals surface area contributed by atoms with Gasteiger partial charge in [-0.1, -0.05) is 297 Å². The molecule has 0 heterocycles. The summed E-state index contributed by atoms with van der Waals surface area (Å²) in [6, 6.07) is 114. The van der Waals surface area contributed by atoms with E-state index in [0.717, 1.165) is 0 Å². The molecule has 13 aromatic carbocycles. The molecule has 0 unspecified atom stereocenters. The molecule has 0 atom stereocenters. The van der Waals surface area contributed by atoms with Crippen LogP contribution in [0.25, 0.3) is 76.8 Å². The molecule has 0 bridgehead atoms. The van der Waals surface area contributed by atoms with Crippen molar-refractivity contribution in [2.45, 2.75) is 5.41 Å². The summed E-state index contributed by atoms with van der Waals surface area (Å²) >= 11 is 0. The van der Waals surface area contributed by atoms with Crippen LogP contribution in [0, 0.1) is 0 Å². The van der Waals surface area contributed by atoms with Crippen LogP contribution in [-0.4, -0.2) is 8.07 Å². The summed E-state index contributed by atoms with van der Waals surface area (Å²) in [4.78, 5) is 0. The van der Waals surface area contributed by atoms with E-state index < -0.39 is 13.5 Å². The van der Waals surface area contributed by atoms with Gasteiger partial charge < -0.3 is 0 Å². The summed E-state index contributed by atoms with van der Waals surface area (Å²) in [5, 5.41) is 12.9. The van der Waals surface area contributed by atoms with Crippen LogP contribution in [0.4, 0.5) is 0 Å². The minimum Gasteiger partial charge on any atom is -0.0623 e. The normalized spacial score (nSPS) is 12.7. The Hall–Kier alpha value is -9.14. The van der Waals surface area contributed by atoms with Gasteiger partial charge in [-0.05, 0) is 126 Å². The average Bonchev–Trinajstić information content (AvgIpc) is 3.79. The van der Waals surface area contributed by atoms with E-state index in [1.807, 2.05) is 0 Å². The monoisotopic (exact) mass is 954 g/mol. The van der Waals surface area contributed by atoms with Crippen molar-refractivity contribution in [2.24, 2.45) is 0 Å². The number of fused-ring (bicyclic) bond motifs is 6. The topological polar surface area (TPSA) is 0 Å². The molecule has 0 spiro atoms. The van der Waals surface area contributed by atoms with Crippen LogP contribution in [0.5, 0.6) is 0 Å². The fourth-order valence-electron chi connectivity index (χ4n) is 13.1. The molecular weight excluding hydrogens is 905 g/mol. The Morgan fingerprint density at radius 1 is 0.230 bits per heavy atom. The van der Waals surface area contributed by atoms with Crippen LogP contribution < -0.4 is 20.7 Å². The number of hydrogen-bond donors (Lipinski definition) is 0. The van der Waals surface area contributed by atoms with Crippen molar-refractivity contribution in [1.29, 1.82) is 0 Å². The minimum atomic E-state index is -2.91. The van der Waals surface area contributed by atoms with E-state index in [1.54, 1.807) is 0 Å². The van der Waals surface area contributed by atoms with Crippen molar-refractivity contribution in [1.82, 2.24) is 0 Å². The lowest BCUT2D eigenvalue weighted by Crippen LogP contribution is -2.74. The molecule has 0 radical (unpaired) electrons. The highest BCUT2D eigenvalue weighted by Crippen LogP contribution is 2.57. The van der Waals surface area contributed by atoms with E-state index in [2.05, 4.69) is 303 Å². The third-order valence-corrected chi connectivity index (χ3v) is 20.9. The van der Waals surface area contributed by atoms with Crippen molar-refractivity contribution in [3.8, 4) is 44.5 Å². The minimum absolute atomic E-state index is 0.646. The van der Waals surface area contributed by atoms with E-state index in [-0.39, 0.29) is 0 Å². The smallest absolute Gasteiger partial charge is 0.0623 e. The highest BCUT2D eigenvalue weighted by Gasteiger charge is 2.49. The molecule has 0 saturated carbocycles. The van der Waals surface area contributed by atoms with Crippen LogP contribution in [-0.2, 0) is 5.41 Å². The molecule has 0 nitrogen and oxygen atoms in total. The second-order valence-electron chi connectivity index (χ2n) is 19.8. The summed E-state index contributed by atoms with van der Waals surface area (Å²) < 4.78 is 0. The first-order valence-electron chi connectivity index (χ1n) is 25.8. The van der Waals surface area contributed by atoms with E-state index in [0.29, 0.717) is 0 Å². The lowest BCUT2D eigenvalue weighted by molar-refractivity contribution is 0.769. The Bertz CT molecular complexity index is 4020. The maximum Gasteiger partial charge on any atom is 0.179 e. The Kier molecular flexibility index (Phi) is 10.5. The lowest BCUT2D eigenvalue weighted by atomic mass is 9.67. The molecule has 1 aliphatic rings. The van der Waals surface area contributed by atoms with Gasteiger partial charge in [0.05, 0.1) is 5.41 Å². The zero-order chi connectivity index (χ0) is 49.1. The van der Waals surface area contributed by atoms with Crippen LogP contribution in [0.3, 0.4) is 0 Å². The maximum absolute atomic E-state index is 2.91. The molecule has 0 N–H and O–H groups in total. The second-order valence-corrected chi connectivity index (χ2v) is 23.6. The Balaban J connectivity index is 1.05. The van der Waals surface area contributed by atoms with Gasteiger partial charge in [-0.3, -0.25) is 0 Å². The van der Waals surface area contributed by atoms with Crippen LogP contribution in [0.15, 0.2) is 303 Å². The molecular formula is C73H50Si. The average molecular weight is 955 g/mol. The van der Waals surface area contributed by atoms with Crippen LogP contribution in [0.2, 0.25) is 0 Å². The highest BCUT2D eigenvalue weighted by molar-refractivity contribution is 7.19. The zero-order valence-electron chi connectivity index (χ0n) is 40.9. The lowest BCUT2D eigenvalue weighted by Gasteiger charge is -2.37. The Morgan fingerprint density at radius 3 is 1.16 bits per heavy atom. The van der Waals surface area contributed by atoms with Gasteiger partial charge in [-0.15, -0.1) is 0 Å². The van der Waals surface area contributed by atoms with Gasteiger partial charge in [-0.2, -0.15) is 0 Å². The number of benzene rings is 13. The van der Waals surface area contributed by atoms with E-state index >= 15 is 0 Å². The molecule has 0 aliphatic heterocycles. The van der Waals surface area contributed by atoms with Crippen molar-refractivity contribution < 1.29 is 0 Å². The standard InChI is InChI=1S/C73H50Si/c1-6-27-53(28-7-1)73(54-29-8-2-9-30-54)69-49-52(45-47-62(69)63-48-46-58(50-70(63)73)74(55-31-10-3-11-32-55,56-33-12-4-13-34-56)57-35-14-5-15-36-57)71-65-40-20-22-42-67(65)72(68-43-23-21-41-66(68)71)64-39-19-18-38-61(64)60-44-24-26-51-25-16-17-37-59(51)60/h1-50H. The largest absolute Gasteiger partial charge is 0.179 e. The quantitative estimate of drug-likeness (QED) is 0.0768. The summed E-state index contributed by atoms with van der Waals surface area (Å²) in [7, 11) is -2.91. The molecule has 1 heteroatoms. The van der Waals surface area contributed by atoms with E-state index in [1.165, 1.54) is 120 Å². The molecule has 74 heavy (non-hydrogen) atoms. The van der Waals surface area contributed by atoms with Crippen molar-refractivity contribution >= 4 is 61.1 Å². The molecule has 0 amide bonds. The van der Waals surface area contributed by atoms with Gasteiger partial charge >= 0.3 is 0 Å². The molecule has 346 valence electrons. The van der Waals surface area contributed by atoms with Crippen LogP contribution >= 0.6 is 0 Å². The molecule has 1 aliphatic carbocycles. The van der Waals surface area contributed by atoms with Gasteiger partial charge in [0.25, 0.3) is 0 Å². The summed E-state index contributed by atoms with van der Waals surface area (Å²) in [5.74, 6) is 0. The summed E-state index contributed by atoms with van der Waals surface area (Å²) in [5.41, 5.74) is 14.4. The number of hydrogen-bond acceptors (Lipinski definition) is 0. The third kappa shape index (κ3) is 6.60. The van der Waals surface area contributed by atoms with Gasteiger partial charge in [0.1, 0.15) is 0 Å². The summed E-state index contributed by atoms with van der Waals surface area (Å²) in [6.45, 7) is 0. The van der Waals surface area contributed by atoms with Crippen LogP contribution in [0.1, 0.15) is 22.3 Å². The highest BCUT2D eigenvalue weighted by atomic mass is 28.3. The first kappa shape index (κ1) is 43.6. The first-order valence-corrected chi connectivity index (χ1v) is 27.8. The van der Waals surface area contributed by atoms with Gasteiger partial charge in [-0.25, -0.2) is 0 Å². The second kappa shape index (κ2) is 17.9. The fourth-order valence-corrected chi connectivity index (χ4v) is 17.8. The van der Waals surface area contributed by atoms with Crippen molar-refractivity contribution in [3.05, 3.63) is 326 Å². The zero-order valence-corrected chi connectivity index (χ0v) is 41.9. The molecule has 0 saturated heterocycles. The predicted octanol–water partition coefficient (Wildman–Crippen LogP) is 15.9. The Labute approximate surface area is 434 Å². The SMILES string of the molecule is c1ccc(C2(c3ccccc3)c3cc(-c4c5ccccc5c(-c5ccccc5-c5cccc6ccccc56)c5ccccc45)ccc3-c3ccc([Si](c4ccccc4)(c4ccccc4)c4ccccc4)cc32)cc1. The Morgan fingerprint density at radius 2 is 0.622 bits per heavy atom. The van der Waals surface area contributed by atoms with Gasteiger partial charge in [0.2, 0.25) is 0 Å². The van der Waals surface area contributed by atoms with Crippen molar-refractivity contribution in [3.63, 3.8) is 0 Å². The predicted molar refractivity (Wildman–Crippen MR) is 316 cm³/mol. The van der Waals surface area contributed by atoms with Gasteiger partial charge in [0, 0.05) is 0 Å². The molecule has 0 aromatic heterocycles. The maximum atomic E-state index is 2.63. The van der Waals surface area contributed by atoms with E-state index in [4.69, 9.17) is 0 Å². The first-order chi connectivity index (χ1) is 36.7. The number of rotatable bonds is 9. The molecule has 14 rings (SSSR count). The fraction of sp³-hybridized carbons (Fsp3) is 0.0137. The van der Waals surface area contributed by atoms with Gasteiger partial charge in [0.15, 0.2) is 8.07 Å². The summed E-state index contributed by atoms with van der Waals surface area (Å²) in [6.07, 6.45) is 0. The van der Waals surface area contributed by atoms with E-state index in [9.17, 15) is 0 Å². The molecule has 0 fully saturated rings. The molecule has 13 aromatic rings. The van der Waals surface area contributed by atoms with Crippen molar-refractivity contribution in [2.75, 3.05) is 0 Å².